The van der Waals surface area contributed by atoms with Gasteiger partial charge in [-0.3, -0.25) is 0 Å². The molecule has 1 unspecified atom stereocenters. The Morgan fingerprint density at radius 2 is 1.91 bits per heavy atom. The van der Waals surface area contributed by atoms with Gasteiger partial charge in [0.15, 0.2) is 0 Å². The molecule has 0 aromatic rings. The van der Waals surface area contributed by atoms with Gasteiger partial charge in [-0.05, 0) is 19.5 Å². The van der Waals surface area contributed by atoms with E-state index in [1.54, 1.807) is 0 Å². The first kappa shape index (κ1) is 10.0. The van der Waals surface area contributed by atoms with Crippen molar-refractivity contribution in [3.05, 3.63) is 0 Å². The molecular weight excluding hydrogens is 195 g/mol. The summed E-state index contributed by atoms with van der Waals surface area (Å²) in [6.07, 6.45) is 6.65. The summed E-state index contributed by atoms with van der Waals surface area (Å²) in [5, 5.41) is 0. The van der Waals surface area contributed by atoms with E-state index in [0.717, 1.165) is 0 Å². The van der Waals surface area contributed by atoms with E-state index in [-0.39, 0.29) is 0 Å². The van der Waals surface area contributed by atoms with E-state index < -0.39 is 5.47 Å². The Labute approximate surface area is 79.1 Å². The van der Waals surface area contributed by atoms with E-state index >= 15 is 0 Å². The number of hydrogen-bond acceptors (Lipinski definition) is 3. The van der Waals surface area contributed by atoms with Gasteiger partial charge in [0.1, 0.15) is 0 Å². The maximum atomic E-state index is 5.62. The van der Waals surface area contributed by atoms with Gasteiger partial charge in [-0.25, -0.2) is 0 Å². The molecule has 0 N–H and O–H groups in total. The Kier molecular flexibility index (Phi) is 3.90. The molecule has 1 aliphatic carbocycles. The van der Waals surface area contributed by atoms with Crippen molar-refractivity contribution in [2.45, 2.75) is 38.2 Å². The summed E-state index contributed by atoms with van der Waals surface area (Å²) < 4.78 is 5.62. The van der Waals surface area contributed by atoms with E-state index in [0.29, 0.717) is 6.10 Å². The zero-order valence-electron chi connectivity index (χ0n) is 6.78. The highest BCUT2D eigenvalue weighted by molar-refractivity contribution is 8.53. The van der Waals surface area contributed by atoms with Crippen LogP contribution in [-0.2, 0) is 28.6 Å². The van der Waals surface area contributed by atoms with Gasteiger partial charge in [-0.15, -0.1) is 0 Å². The minimum absolute atomic E-state index is 0.386. The summed E-state index contributed by atoms with van der Waals surface area (Å²) in [5.41, 5.74) is -1.82. The van der Waals surface area contributed by atoms with Crippen LogP contribution in [0.2, 0.25) is 0 Å². The SMILES string of the molecule is CP(=S)([S-])OC1CCCCC1. The van der Waals surface area contributed by atoms with Crippen LogP contribution in [0, 0.1) is 0 Å². The molecule has 1 rings (SSSR count). The highest BCUT2D eigenvalue weighted by Crippen LogP contribution is 2.43. The molecule has 0 amide bonds. The maximum Gasteiger partial charge on any atom is 0.0602 e. The second kappa shape index (κ2) is 4.27. The molecule has 1 fully saturated rings. The largest absolute Gasteiger partial charge is 0.719 e. The van der Waals surface area contributed by atoms with Crippen molar-refractivity contribution in [2.24, 2.45) is 0 Å². The lowest BCUT2D eigenvalue weighted by atomic mass is 9.98. The molecule has 0 aromatic heterocycles. The van der Waals surface area contributed by atoms with E-state index in [2.05, 4.69) is 0 Å². The molecule has 0 heterocycles. The van der Waals surface area contributed by atoms with Crippen LogP contribution in [0.4, 0.5) is 0 Å². The zero-order valence-corrected chi connectivity index (χ0v) is 9.31. The predicted octanol–water partition coefficient (Wildman–Crippen LogP) is 2.82. The quantitative estimate of drug-likeness (QED) is 0.511. The summed E-state index contributed by atoms with van der Waals surface area (Å²) in [6.45, 7) is 1.88. The van der Waals surface area contributed by atoms with Crippen molar-refractivity contribution in [3.8, 4) is 0 Å². The third kappa shape index (κ3) is 4.51. The summed E-state index contributed by atoms with van der Waals surface area (Å²) in [7, 11) is 0. The third-order valence-electron chi connectivity index (χ3n) is 1.89. The monoisotopic (exact) mass is 209 g/mol. The van der Waals surface area contributed by atoms with Gasteiger partial charge in [-0.1, -0.05) is 36.5 Å². The lowest BCUT2D eigenvalue weighted by molar-refractivity contribution is 0.177. The Hall–Kier alpha value is 0.960. The molecule has 1 atom stereocenters. The zero-order chi connectivity index (χ0) is 8.32. The number of rotatable bonds is 2. The molecule has 0 radical (unpaired) electrons. The van der Waals surface area contributed by atoms with Crippen LogP contribution in [-0.4, -0.2) is 12.8 Å². The fourth-order valence-electron chi connectivity index (χ4n) is 1.44. The van der Waals surface area contributed by atoms with Crippen LogP contribution >= 0.6 is 5.47 Å². The second-order valence-electron chi connectivity index (χ2n) is 3.14. The van der Waals surface area contributed by atoms with Crippen molar-refractivity contribution in [2.75, 3.05) is 6.66 Å². The molecule has 0 saturated heterocycles. The van der Waals surface area contributed by atoms with Gasteiger partial charge < -0.3 is 16.8 Å². The van der Waals surface area contributed by atoms with Crippen LogP contribution in [0.15, 0.2) is 0 Å². The Morgan fingerprint density at radius 3 is 2.36 bits per heavy atom. The Morgan fingerprint density at radius 1 is 1.36 bits per heavy atom. The van der Waals surface area contributed by atoms with E-state index in [1.165, 1.54) is 32.1 Å². The molecular formula is C7H14OPS2-. The lowest BCUT2D eigenvalue weighted by Crippen LogP contribution is -2.14. The molecule has 0 bridgehead atoms. The van der Waals surface area contributed by atoms with Crippen LogP contribution in [0.5, 0.6) is 0 Å². The van der Waals surface area contributed by atoms with Gasteiger partial charge in [0.2, 0.25) is 0 Å². The fourth-order valence-corrected chi connectivity index (χ4v) is 2.92. The minimum Gasteiger partial charge on any atom is -0.719 e. The van der Waals surface area contributed by atoms with Crippen molar-refractivity contribution in [3.63, 3.8) is 0 Å². The molecule has 4 heteroatoms. The first-order chi connectivity index (χ1) is 5.08. The molecule has 0 aliphatic heterocycles. The average Bonchev–Trinajstić information content (AvgIpc) is 1.85. The smallest absolute Gasteiger partial charge is 0.0602 e. The second-order valence-corrected chi connectivity index (χ2v) is 9.76. The Bertz CT molecular complexity index is 160. The Balaban J connectivity index is 2.30. The summed E-state index contributed by atoms with van der Waals surface area (Å²) >= 11 is 10.1. The van der Waals surface area contributed by atoms with Crippen LogP contribution in [0.25, 0.3) is 0 Å². The van der Waals surface area contributed by atoms with Crippen molar-refractivity contribution < 1.29 is 4.52 Å². The summed E-state index contributed by atoms with van der Waals surface area (Å²) in [4.78, 5) is 0. The van der Waals surface area contributed by atoms with Gasteiger partial charge in [-0.2, -0.15) is 0 Å². The third-order valence-corrected chi connectivity index (χ3v) is 3.09. The molecule has 11 heavy (non-hydrogen) atoms. The first-order valence-electron chi connectivity index (χ1n) is 4.05. The first-order valence-corrected chi connectivity index (χ1v) is 8.23. The summed E-state index contributed by atoms with van der Waals surface area (Å²) in [5.74, 6) is 0. The highest BCUT2D eigenvalue weighted by atomic mass is 32.9. The molecule has 0 spiro atoms. The van der Waals surface area contributed by atoms with E-state index in [4.69, 9.17) is 28.6 Å². The molecule has 1 aliphatic rings. The van der Waals surface area contributed by atoms with Gasteiger partial charge in [0, 0.05) is 0 Å². The molecule has 66 valence electrons. The van der Waals surface area contributed by atoms with Gasteiger partial charge >= 0.3 is 0 Å². The van der Waals surface area contributed by atoms with Crippen LogP contribution in [0.1, 0.15) is 32.1 Å². The summed E-state index contributed by atoms with van der Waals surface area (Å²) in [6, 6.07) is 0. The average molecular weight is 209 g/mol. The standard InChI is InChI=1S/C7H15OPS2/c1-9(10,11)8-7-5-3-2-4-6-7/h7H,2-6H2,1H3,(H,10,11)/p-1. The molecule has 1 nitrogen and oxygen atoms in total. The van der Waals surface area contributed by atoms with E-state index in [1.807, 2.05) is 6.66 Å². The fraction of sp³-hybridized carbons (Fsp3) is 1.00. The predicted molar refractivity (Wildman–Crippen MR) is 55.5 cm³/mol. The van der Waals surface area contributed by atoms with Crippen LogP contribution in [0.3, 0.4) is 0 Å². The number of hydrogen-bond donors (Lipinski definition) is 0. The van der Waals surface area contributed by atoms with E-state index in [9.17, 15) is 0 Å². The highest BCUT2D eigenvalue weighted by Gasteiger charge is 2.14. The normalized spacial score (nSPS) is 26.4. The van der Waals surface area contributed by atoms with Crippen molar-refractivity contribution in [1.82, 2.24) is 0 Å². The topological polar surface area (TPSA) is 9.23 Å². The van der Waals surface area contributed by atoms with Crippen LogP contribution < -0.4 is 0 Å². The maximum absolute atomic E-state index is 5.62. The minimum atomic E-state index is -1.82. The van der Waals surface area contributed by atoms with Crippen molar-refractivity contribution >= 4 is 29.5 Å². The molecule has 0 aromatic carbocycles. The molecule has 1 saturated carbocycles. The van der Waals surface area contributed by atoms with Gasteiger partial charge in [0.05, 0.1) is 6.10 Å². The lowest BCUT2D eigenvalue weighted by Gasteiger charge is -2.31. The van der Waals surface area contributed by atoms with Crippen molar-refractivity contribution in [1.29, 1.82) is 0 Å². The van der Waals surface area contributed by atoms with Gasteiger partial charge in [0.25, 0.3) is 0 Å².